The van der Waals surface area contributed by atoms with Crippen LogP contribution in [0.4, 0.5) is 10.1 Å². The third-order valence-electron chi connectivity index (χ3n) is 1.87. The van der Waals surface area contributed by atoms with Gasteiger partial charge in [-0.25, -0.2) is 12.8 Å². The molecule has 1 N–H and O–H groups in total. The van der Waals surface area contributed by atoms with E-state index in [1.165, 1.54) is 6.20 Å². The maximum atomic E-state index is 12.8. The molecule has 1 heterocycles. The summed E-state index contributed by atoms with van der Waals surface area (Å²) in [6, 6.07) is 3.30. The quantitative estimate of drug-likeness (QED) is 0.942. The van der Waals surface area contributed by atoms with Gasteiger partial charge in [-0.05, 0) is 34.1 Å². The van der Waals surface area contributed by atoms with Crippen LogP contribution in [-0.2, 0) is 10.0 Å². The lowest BCUT2D eigenvalue weighted by molar-refractivity contribution is 0.420. The molecule has 2 rings (SSSR count). The van der Waals surface area contributed by atoms with Gasteiger partial charge in [0.05, 0.1) is 6.20 Å². The van der Waals surface area contributed by atoms with Gasteiger partial charge in [-0.3, -0.25) is 4.72 Å². The van der Waals surface area contributed by atoms with E-state index in [-0.39, 0.29) is 15.1 Å². The second-order valence-electron chi connectivity index (χ2n) is 3.09. The summed E-state index contributed by atoms with van der Waals surface area (Å²) in [5.41, 5.74) is 0.196. The first-order chi connectivity index (χ1) is 7.99. The van der Waals surface area contributed by atoms with Crippen molar-refractivity contribution in [2.24, 2.45) is 0 Å². The summed E-state index contributed by atoms with van der Waals surface area (Å²) in [5.74, 6) is -0.527. The van der Waals surface area contributed by atoms with E-state index in [2.05, 4.69) is 30.3 Å². The van der Waals surface area contributed by atoms with Gasteiger partial charge in [0.2, 0.25) is 0 Å². The van der Waals surface area contributed by atoms with Gasteiger partial charge in [0.25, 0.3) is 10.0 Å². The molecule has 0 aliphatic carbocycles. The van der Waals surface area contributed by atoms with Crippen molar-refractivity contribution >= 4 is 31.6 Å². The molecular formula is C9H6BrFN2O3S. The normalized spacial score (nSPS) is 11.4. The summed E-state index contributed by atoms with van der Waals surface area (Å²) in [7, 11) is -3.79. The molecule has 2 aromatic rings. The predicted molar refractivity (Wildman–Crippen MR) is 61.4 cm³/mol. The molecule has 0 atom stereocenters. The molecule has 0 radical (unpaired) electrons. The molecule has 0 fully saturated rings. The fourth-order valence-corrected chi connectivity index (χ4v) is 3.23. The molecule has 0 bridgehead atoms. The van der Waals surface area contributed by atoms with Crippen LogP contribution in [0.1, 0.15) is 0 Å². The Bertz CT molecular complexity index is 628. The molecule has 17 heavy (non-hydrogen) atoms. The van der Waals surface area contributed by atoms with Crippen molar-refractivity contribution in [1.29, 1.82) is 0 Å². The predicted octanol–water partition coefficient (Wildman–Crippen LogP) is 2.38. The van der Waals surface area contributed by atoms with Gasteiger partial charge in [0.15, 0.2) is 0 Å². The molecule has 1 aromatic carbocycles. The fraction of sp³-hybridized carbons (Fsp3) is 0. The minimum Gasteiger partial charge on any atom is -0.362 e. The summed E-state index contributed by atoms with van der Waals surface area (Å²) in [6.07, 6.45) is 2.37. The Kier molecular flexibility index (Phi) is 3.16. The second-order valence-corrected chi connectivity index (χ2v) is 5.60. The first-order valence-corrected chi connectivity index (χ1v) is 6.64. The van der Waals surface area contributed by atoms with Crippen LogP contribution in [0.3, 0.4) is 0 Å². The molecule has 0 unspecified atom stereocenters. The number of nitrogens with zero attached hydrogens (tertiary/aromatic N) is 1. The van der Waals surface area contributed by atoms with E-state index in [9.17, 15) is 12.8 Å². The average molecular weight is 321 g/mol. The van der Waals surface area contributed by atoms with E-state index in [0.717, 1.165) is 24.5 Å². The summed E-state index contributed by atoms with van der Waals surface area (Å²) in [5, 5.41) is 3.36. The van der Waals surface area contributed by atoms with Crippen LogP contribution in [0.25, 0.3) is 0 Å². The van der Waals surface area contributed by atoms with Gasteiger partial charge in [-0.15, -0.1) is 0 Å². The molecule has 0 saturated carbocycles. The van der Waals surface area contributed by atoms with Crippen molar-refractivity contribution in [3.8, 4) is 0 Å². The lowest BCUT2D eigenvalue weighted by Gasteiger charge is -2.07. The SMILES string of the molecule is O=S(=O)(Nc1cnoc1)c1ccc(F)cc1Br. The number of anilines is 1. The minimum atomic E-state index is -3.79. The number of halogens is 2. The van der Waals surface area contributed by atoms with Crippen molar-refractivity contribution in [1.82, 2.24) is 5.16 Å². The zero-order chi connectivity index (χ0) is 12.5. The third kappa shape index (κ3) is 2.64. The van der Waals surface area contributed by atoms with Crippen molar-refractivity contribution in [3.05, 3.63) is 40.9 Å². The summed E-state index contributed by atoms with van der Waals surface area (Å²) >= 11 is 2.99. The number of benzene rings is 1. The Balaban J connectivity index is 2.38. The molecule has 5 nitrogen and oxygen atoms in total. The minimum absolute atomic E-state index is 0.0694. The van der Waals surface area contributed by atoms with Gasteiger partial charge in [0.1, 0.15) is 22.7 Å². The highest BCUT2D eigenvalue weighted by atomic mass is 79.9. The van der Waals surface area contributed by atoms with Crippen LogP contribution >= 0.6 is 15.9 Å². The molecule has 8 heteroatoms. The fourth-order valence-electron chi connectivity index (χ4n) is 1.16. The lowest BCUT2D eigenvalue weighted by Crippen LogP contribution is -2.13. The van der Waals surface area contributed by atoms with Gasteiger partial charge in [-0.2, -0.15) is 0 Å². The Morgan fingerprint density at radius 2 is 2.18 bits per heavy atom. The second kappa shape index (κ2) is 4.46. The lowest BCUT2D eigenvalue weighted by atomic mass is 10.3. The summed E-state index contributed by atoms with van der Waals surface area (Å²) in [4.78, 5) is -0.0694. The van der Waals surface area contributed by atoms with E-state index in [1.807, 2.05) is 0 Å². The number of nitrogens with one attached hydrogen (secondary N) is 1. The van der Waals surface area contributed by atoms with Gasteiger partial charge < -0.3 is 4.52 Å². The highest BCUT2D eigenvalue weighted by Gasteiger charge is 2.18. The van der Waals surface area contributed by atoms with Crippen LogP contribution in [0.5, 0.6) is 0 Å². The Morgan fingerprint density at radius 1 is 1.41 bits per heavy atom. The number of sulfonamides is 1. The monoisotopic (exact) mass is 320 g/mol. The van der Waals surface area contributed by atoms with Crippen molar-refractivity contribution in [3.63, 3.8) is 0 Å². The van der Waals surface area contributed by atoms with Crippen LogP contribution in [0.2, 0.25) is 0 Å². The van der Waals surface area contributed by atoms with E-state index in [0.29, 0.717) is 0 Å². The molecular weight excluding hydrogens is 315 g/mol. The summed E-state index contributed by atoms with van der Waals surface area (Å²) in [6.45, 7) is 0. The zero-order valence-corrected chi connectivity index (χ0v) is 10.6. The molecule has 90 valence electrons. The Hall–Kier alpha value is -1.41. The largest absolute Gasteiger partial charge is 0.362 e. The maximum Gasteiger partial charge on any atom is 0.263 e. The molecule has 0 spiro atoms. The van der Waals surface area contributed by atoms with E-state index in [4.69, 9.17) is 0 Å². The first kappa shape index (κ1) is 12.1. The number of aromatic nitrogens is 1. The van der Waals surface area contributed by atoms with Crippen molar-refractivity contribution in [2.75, 3.05) is 4.72 Å². The van der Waals surface area contributed by atoms with Crippen LogP contribution in [0, 0.1) is 5.82 Å². The van der Waals surface area contributed by atoms with E-state index >= 15 is 0 Å². The van der Waals surface area contributed by atoms with E-state index < -0.39 is 15.8 Å². The third-order valence-corrected chi connectivity index (χ3v) is 4.23. The molecule has 0 aliphatic rings. The summed E-state index contributed by atoms with van der Waals surface area (Å²) < 4.78 is 43.5. The highest BCUT2D eigenvalue weighted by molar-refractivity contribution is 9.10. The van der Waals surface area contributed by atoms with E-state index in [1.54, 1.807) is 0 Å². The maximum absolute atomic E-state index is 12.8. The highest BCUT2D eigenvalue weighted by Crippen LogP contribution is 2.24. The molecule has 0 amide bonds. The van der Waals surface area contributed by atoms with Crippen LogP contribution in [0.15, 0.2) is 44.6 Å². The van der Waals surface area contributed by atoms with Crippen molar-refractivity contribution < 1.29 is 17.3 Å². The zero-order valence-electron chi connectivity index (χ0n) is 8.22. The molecule has 1 aromatic heterocycles. The Labute approximate surface area is 105 Å². The average Bonchev–Trinajstić information content (AvgIpc) is 2.68. The standard InChI is InChI=1S/C9H6BrFN2O3S/c10-8-3-6(11)1-2-9(8)17(14,15)13-7-4-12-16-5-7/h1-5,13H. The first-order valence-electron chi connectivity index (χ1n) is 4.36. The van der Waals surface area contributed by atoms with Crippen LogP contribution < -0.4 is 4.72 Å². The number of rotatable bonds is 3. The van der Waals surface area contributed by atoms with Gasteiger partial charge in [0, 0.05) is 4.47 Å². The van der Waals surface area contributed by atoms with Gasteiger partial charge >= 0.3 is 0 Å². The van der Waals surface area contributed by atoms with Crippen molar-refractivity contribution in [2.45, 2.75) is 4.90 Å². The van der Waals surface area contributed by atoms with Crippen LogP contribution in [-0.4, -0.2) is 13.6 Å². The number of hydrogen-bond acceptors (Lipinski definition) is 4. The topological polar surface area (TPSA) is 72.2 Å². The Morgan fingerprint density at radius 3 is 2.76 bits per heavy atom. The number of hydrogen-bond donors (Lipinski definition) is 1. The smallest absolute Gasteiger partial charge is 0.263 e. The van der Waals surface area contributed by atoms with Gasteiger partial charge in [-0.1, -0.05) is 5.16 Å². The molecule has 0 saturated heterocycles. The molecule has 0 aliphatic heterocycles.